The fourth-order valence-electron chi connectivity index (χ4n) is 9.88. The SMILES string of the molecule is CC(C)CCC[C@@H](C)[C@H]1CC[C@H]2[C@@H]3CC[C@@H]4CCCC(O)[C@]4(C)[C@H]3CC[C@]12C.CC(C)COCC(C)C. The molecule has 0 heterocycles. The summed E-state index contributed by atoms with van der Waals surface area (Å²) < 4.78 is 5.36. The van der Waals surface area contributed by atoms with Gasteiger partial charge in [0.15, 0.2) is 0 Å². The van der Waals surface area contributed by atoms with Crippen molar-refractivity contribution in [3.8, 4) is 0 Å². The Morgan fingerprint density at radius 3 is 2.03 bits per heavy atom. The Morgan fingerprint density at radius 1 is 0.730 bits per heavy atom. The average Bonchev–Trinajstić information content (AvgIpc) is 3.17. The zero-order chi connectivity index (χ0) is 27.4. The van der Waals surface area contributed by atoms with E-state index in [2.05, 4.69) is 62.3 Å². The van der Waals surface area contributed by atoms with Crippen LogP contribution in [0.1, 0.15) is 139 Å². The van der Waals surface area contributed by atoms with Crippen LogP contribution in [0, 0.1) is 64.1 Å². The van der Waals surface area contributed by atoms with E-state index in [0.29, 0.717) is 17.3 Å². The summed E-state index contributed by atoms with van der Waals surface area (Å²) in [6.45, 7) is 23.0. The number of ether oxygens (including phenoxy) is 1. The predicted molar refractivity (Wildman–Crippen MR) is 160 cm³/mol. The summed E-state index contributed by atoms with van der Waals surface area (Å²) in [5, 5.41) is 11.1. The van der Waals surface area contributed by atoms with Gasteiger partial charge in [0.1, 0.15) is 0 Å². The lowest BCUT2D eigenvalue weighted by Crippen LogP contribution is -2.57. The van der Waals surface area contributed by atoms with Crippen LogP contribution in [0.15, 0.2) is 0 Å². The highest BCUT2D eigenvalue weighted by atomic mass is 16.5. The lowest BCUT2D eigenvalue weighted by atomic mass is 9.44. The molecule has 4 fully saturated rings. The molecule has 218 valence electrons. The number of hydrogen-bond acceptors (Lipinski definition) is 2. The molecule has 1 unspecified atom stereocenters. The van der Waals surface area contributed by atoms with Gasteiger partial charge >= 0.3 is 0 Å². The van der Waals surface area contributed by atoms with Gasteiger partial charge in [-0.2, -0.15) is 0 Å². The summed E-state index contributed by atoms with van der Waals surface area (Å²) in [5.41, 5.74) is 0.810. The zero-order valence-corrected chi connectivity index (χ0v) is 26.5. The second-order valence-electron chi connectivity index (χ2n) is 15.8. The van der Waals surface area contributed by atoms with Crippen molar-refractivity contribution in [2.75, 3.05) is 13.2 Å². The molecule has 0 spiro atoms. The van der Waals surface area contributed by atoms with Crippen LogP contribution in [0.25, 0.3) is 0 Å². The summed E-state index contributed by atoms with van der Waals surface area (Å²) in [6, 6.07) is 0. The quantitative estimate of drug-likeness (QED) is 0.329. The molecule has 4 rings (SSSR count). The molecule has 4 saturated carbocycles. The Bertz CT molecular complexity index is 662. The van der Waals surface area contributed by atoms with Gasteiger partial charge in [-0.1, -0.05) is 88.0 Å². The Balaban J connectivity index is 0.000000364. The van der Waals surface area contributed by atoms with Gasteiger partial charge in [-0.3, -0.25) is 0 Å². The third-order valence-electron chi connectivity index (χ3n) is 11.8. The molecule has 0 saturated heterocycles. The summed E-state index contributed by atoms with van der Waals surface area (Å²) in [7, 11) is 0. The van der Waals surface area contributed by atoms with Crippen molar-refractivity contribution in [1.29, 1.82) is 0 Å². The largest absolute Gasteiger partial charge is 0.393 e. The van der Waals surface area contributed by atoms with Crippen molar-refractivity contribution in [3.05, 3.63) is 0 Å². The van der Waals surface area contributed by atoms with E-state index in [1.807, 2.05) is 0 Å². The second-order valence-corrected chi connectivity index (χ2v) is 15.8. The van der Waals surface area contributed by atoms with Gasteiger partial charge in [-0.15, -0.1) is 0 Å². The zero-order valence-electron chi connectivity index (χ0n) is 26.5. The number of rotatable bonds is 9. The molecule has 0 aliphatic heterocycles. The molecule has 0 aromatic carbocycles. The van der Waals surface area contributed by atoms with Crippen LogP contribution in [0.2, 0.25) is 0 Å². The van der Waals surface area contributed by atoms with E-state index >= 15 is 0 Å². The van der Waals surface area contributed by atoms with Crippen molar-refractivity contribution in [3.63, 3.8) is 0 Å². The lowest BCUT2D eigenvalue weighted by molar-refractivity contribution is -0.164. The van der Waals surface area contributed by atoms with Gasteiger partial charge in [0, 0.05) is 13.2 Å². The average molecular weight is 519 g/mol. The Kier molecular flexibility index (Phi) is 11.5. The lowest BCUT2D eigenvalue weighted by Gasteiger charge is -2.62. The third-order valence-corrected chi connectivity index (χ3v) is 11.8. The van der Waals surface area contributed by atoms with E-state index in [1.54, 1.807) is 0 Å². The normalized spacial score (nSPS) is 40.1. The Morgan fingerprint density at radius 2 is 1.41 bits per heavy atom. The molecule has 1 N–H and O–H groups in total. The highest BCUT2D eigenvalue weighted by Gasteiger charge is 2.61. The maximum absolute atomic E-state index is 11.1. The molecule has 2 heteroatoms. The highest BCUT2D eigenvalue weighted by molar-refractivity contribution is 5.10. The van der Waals surface area contributed by atoms with Crippen molar-refractivity contribution in [1.82, 2.24) is 0 Å². The van der Waals surface area contributed by atoms with E-state index in [0.717, 1.165) is 61.1 Å². The van der Waals surface area contributed by atoms with E-state index < -0.39 is 0 Å². The topological polar surface area (TPSA) is 29.5 Å². The number of aliphatic hydroxyl groups excluding tert-OH is 1. The summed E-state index contributed by atoms with van der Waals surface area (Å²) in [5.74, 6) is 7.49. The maximum atomic E-state index is 11.1. The van der Waals surface area contributed by atoms with Gasteiger partial charge in [0.25, 0.3) is 0 Å². The molecule has 0 aromatic heterocycles. The Labute approximate surface area is 232 Å². The first-order chi connectivity index (χ1) is 17.4. The third kappa shape index (κ3) is 7.17. The van der Waals surface area contributed by atoms with Crippen LogP contribution in [0.3, 0.4) is 0 Å². The molecular weight excluding hydrogens is 452 g/mol. The number of aliphatic hydroxyl groups is 1. The molecule has 4 aliphatic carbocycles. The summed E-state index contributed by atoms with van der Waals surface area (Å²) in [6.07, 6.45) is 16.6. The van der Waals surface area contributed by atoms with Crippen LogP contribution < -0.4 is 0 Å². The van der Waals surface area contributed by atoms with Crippen LogP contribution in [0.5, 0.6) is 0 Å². The molecule has 0 bridgehead atoms. The second kappa shape index (κ2) is 13.5. The van der Waals surface area contributed by atoms with Crippen molar-refractivity contribution in [2.24, 2.45) is 64.1 Å². The monoisotopic (exact) mass is 519 g/mol. The standard InChI is InChI=1S/C27H48O.C8H18O/c1-18(2)8-6-9-19(3)22-14-15-23-21-13-12-20-10-7-11-25(28)27(20,5)24(21)16-17-26(22,23)4;1-7(2)5-9-6-8(3)4/h18-25,28H,6-17H2,1-5H3;7-8H,5-6H2,1-4H3/t19-,20+,21+,22-,23+,24+,25?,26-,27+;/m1./s1. The minimum atomic E-state index is -0.0319. The van der Waals surface area contributed by atoms with Gasteiger partial charge in [-0.25, -0.2) is 0 Å². The van der Waals surface area contributed by atoms with Gasteiger partial charge in [0.2, 0.25) is 0 Å². The van der Waals surface area contributed by atoms with Crippen LogP contribution in [0.4, 0.5) is 0 Å². The predicted octanol–water partition coefficient (Wildman–Crippen LogP) is 9.78. The minimum absolute atomic E-state index is 0.0319. The fourth-order valence-corrected chi connectivity index (χ4v) is 9.88. The maximum Gasteiger partial charge on any atom is 0.0599 e. The van der Waals surface area contributed by atoms with Gasteiger partial charge in [-0.05, 0) is 115 Å². The van der Waals surface area contributed by atoms with Crippen LogP contribution in [-0.2, 0) is 4.74 Å². The van der Waals surface area contributed by atoms with Crippen molar-refractivity contribution >= 4 is 0 Å². The smallest absolute Gasteiger partial charge is 0.0599 e. The van der Waals surface area contributed by atoms with Crippen molar-refractivity contribution < 1.29 is 9.84 Å². The van der Waals surface area contributed by atoms with E-state index in [1.165, 1.54) is 70.6 Å². The number of fused-ring (bicyclic) bond motifs is 5. The molecule has 9 atom stereocenters. The minimum Gasteiger partial charge on any atom is -0.393 e. The first kappa shape index (κ1) is 31.4. The van der Waals surface area contributed by atoms with Crippen molar-refractivity contribution in [2.45, 2.75) is 145 Å². The fraction of sp³-hybridized carbons (Fsp3) is 1.00. The molecule has 2 nitrogen and oxygen atoms in total. The summed E-state index contributed by atoms with van der Waals surface area (Å²) >= 11 is 0. The van der Waals surface area contributed by atoms with Crippen LogP contribution >= 0.6 is 0 Å². The number of hydrogen-bond donors (Lipinski definition) is 1. The molecule has 0 aromatic rings. The first-order valence-corrected chi connectivity index (χ1v) is 16.7. The first-order valence-electron chi connectivity index (χ1n) is 16.7. The van der Waals surface area contributed by atoms with Gasteiger partial charge in [0.05, 0.1) is 6.10 Å². The van der Waals surface area contributed by atoms with E-state index in [-0.39, 0.29) is 11.5 Å². The highest BCUT2D eigenvalue weighted by Crippen LogP contribution is 2.68. The molecule has 0 amide bonds. The summed E-state index contributed by atoms with van der Waals surface area (Å²) in [4.78, 5) is 0. The van der Waals surface area contributed by atoms with Gasteiger partial charge < -0.3 is 9.84 Å². The molecule has 0 radical (unpaired) electrons. The van der Waals surface area contributed by atoms with E-state index in [9.17, 15) is 5.11 Å². The molecular formula is C35H66O2. The van der Waals surface area contributed by atoms with E-state index in [4.69, 9.17) is 4.74 Å². The van der Waals surface area contributed by atoms with Crippen LogP contribution in [-0.4, -0.2) is 24.4 Å². The Hall–Kier alpha value is -0.0800. The molecule has 37 heavy (non-hydrogen) atoms. The molecule has 4 aliphatic rings.